The van der Waals surface area contributed by atoms with Crippen LogP contribution in [-0.2, 0) is 11.2 Å². The molecule has 3 nitrogen and oxygen atoms in total. The highest BCUT2D eigenvalue weighted by atomic mass is 35.5. The van der Waals surface area contributed by atoms with Gasteiger partial charge in [0.1, 0.15) is 0 Å². The van der Waals surface area contributed by atoms with Crippen molar-refractivity contribution in [3.63, 3.8) is 0 Å². The molecule has 1 amide bonds. The highest BCUT2D eigenvalue weighted by molar-refractivity contribution is 5.85. The summed E-state index contributed by atoms with van der Waals surface area (Å²) in [7, 11) is 2.00. The Morgan fingerprint density at radius 3 is 2.36 bits per heavy atom. The van der Waals surface area contributed by atoms with Gasteiger partial charge in [-0.05, 0) is 43.4 Å². The predicted octanol–water partition coefficient (Wildman–Crippen LogP) is 3.37. The standard InChI is InChI=1S/C18H28N2O.ClH/c1-4-15-5-7-16(8-6-15)14(2)13-18(21)20-11-9-17(19-3)10-12-20;/h5-8,14,17,19H,4,9-13H2,1-3H3;1H. The fraction of sp³-hybridized carbons (Fsp3) is 0.611. The van der Waals surface area contributed by atoms with Crippen molar-refractivity contribution in [1.82, 2.24) is 10.2 Å². The molecule has 1 N–H and O–H groups in total. The van der Waals surface area contributed by atoms with Gasteiger partial charge < -0.3 is 10.2 Å². The lowest BCUT2D eigenvalue weighted by molar-refractivity contribution is -0.132. The van der Waals surface area contributed by atoms with Gasteiger partial charge in [-0.15, -0.1) is 12.4 Å². The van der Waals surface area contributed by atoms with Gasteiger partial charge in [-0.3, -0.25) is 4.79 Å². The van der Waals surface area contributed by atoms with Crippen molar-refractivity contribution in [2.45, 2.75) is 51.5 Å². The summed E-state index contributed by atoms with van der Waals surface area (Å²) in [6, 6.07) is 9.27. The lowest BCUT2D eigenvalue weighted by atomic mass is 9.95. The molecule has 1 unspecified atom stereocenters. The number of amides is 1. The summed E-state index contributed by atoms with van der Waals surface area (Å²) in [5, 5.41) is 3.30. The average molecular weight is 325 g/mol. The number of rotatable bonds is 5. The summed E-state index contributed by atoms with van der Waals surface area (Å²) < 4.78 is 0. The third-order valence-corrected chi connectivity index (χ3v) is 4.69. The lowest BCUT2D eigenvalue weighted by Crippen LogP contribution is -2.44. The highest BCUT2D eigenvalue weighted by Crippen LogP contribution is 2.22. The molecule has 1 aliphatic heterocycles. The molecule has 0 aromatic heterocycles. The molecule has 1 heterocycles. The third-order valence-electron chi connectivity index (χ3n) is 4.69. The summed E-state index contributed by atoms with van der Waals surface area (Å²) in [5.74, 6) is 0.599. The van der Waals surface area contributed by atoms with E-state index in [2.05, 4.69) is 43.4 Å². The molecule has 22 heavy (non-hydrogen) atoms. The Kier molecular flexibility index (Phi) is 7.91. The van der Waals surface area contributed by atoms with Crippen LogP contribution in [0.3, 0.4) is 0 Å². The molecule has 0 spiro atoms. The van der Waals surface area contributed by atoms with E-state index in [0.29, 0.717) is 24.3 Å². The molecular formula is C18H29ClN2O. The van der Waals surface area contributed by atoms with Crippen LogP contribution in [-0.4, -0.2) is 37.0 Å². The zero-order valence-corrected chi connectivity index (χ0v) is 14.8. The second-order valence-corrected chi connectivity index (χ2v) is 6.14. The molecule has 1 aromatic rings. The number of aryl methyl sites for hydroxylation is 1. The van der Waals surface area contributed by atoms with Crippen LogP contribution in [0.2, 0.25) is 0 Å². The van der Waals surface area contributed by atoms with Crippen LogP contribution >= 0.6 is 12.4 Å². The van der Waals surface area contributed by atoms with Crippen LogP contribution in [0.25, 0.3) is 0 Å². The van der Waals surface area contributed by atoms with Gasteiger partial charge >= 0.3 is 0 Å². The second kappa shape index (κ2) is 9.16. The number of carbonyl (C=O) groups excluding carboxylic acids is 1. The third kappa shape index (κ3) is 4.99. The van der Waals surface area contributed by atoms with Crippen molar-refractivity contribution in [1.29, 1.82) is 0 Å². The van der Waals surface area contributed by atoms with Crippen molar-refractivity contribution in [2.75, 3.05) is 20.1 Å². The Bertz CT molecular complexity index is 453. The molecule has 2 rings (SSSR count). The fourth-order valence-electron chi connectivity index (χ4n) is 3.01. The fourth-order valence-corrected chi connectivity index (χ4v) is 3.01. The Balaban J connectivity index is 0.00000242. The van der Waals surface area contributed by atoms with Gasteiger partial charge in [0.25, 0.3) is 0 Å². The monoisotopic (exact) mass is 324 g/mol. The summed E-state index contributed by atoms with van der Waals surface area (Å²) >= 11 is 0. The van der Waals surface area contributed by atoms with Crippen LogP contribution in [0, 0.1) is 0 Å². The Morgan fingerprint density at radius 2 is 1.86 bits per heavy atom. The van der Waals surface area contributed by atoms with Crippen molar-refractivity contribution in [3.8, 4) is 0 Å². The molecule has 1 fully saturated rings. The molecular weight excluding hydrogens is 296 g/mol. The zero-order chi connectivity index (χ0) is 15.2. The maximum absolute atomic E-state index is 12.4. The van der Waals surface area contributed by atoms with Gasteiger partial charge in [-0.25, -0.2) is 0 Å². The molecule has 124 valence electrons. The van der Waals surface area contributed by atoms with E-state index in [0.717, 1.165) is 32.4 Å². The lowest BCUT2D eigenvalue weighted by Gasteiger charge is -2.32. The van der Waals surface area contributed by atoms with Gasteiger partial charge in [0.15, 0.2) is 0 Å². The summed E-state index contributed by atoms with van der Waals surface area (Å²) in [6.07, 6.45) is 3.83. The van der Waals surface area contributed by atoms with Crippen molar-refractivity contribution < 1.29 is 4.79 Å². The zero-order valence-electron chi connectivity index (χ0n) is 14.0. The van der Waals surface area contributed by atoms with Crippen LogP contribution in [0.1, 0.15) is 50.2 Å². The van der Waals surface area contributed by atoms with Crippen LogP contribution in [0.5, 0.6) is 0 Å². The van der Waals surface area contributed by atoms with Crippen LogP contribution in [0.4, 0.5) is 0 Å². The van der Waals surface area contributed by atoms with Crippen LogP contribution < -0.4 is 5.32 Å². The van der Waals surface area contributed by atoms with Gasteiger partial charge in [-0.2, -0.15) is 0 Å². The largest absolute Gasteiger partial charge is 0.343 e. The van der Waals surface area contributed by atoms with Gasteiger partial charge in [-0.1, -0.05) is 38.1 Å². The van der Waals surface area contributed by atoms with E-state index in [1.807, 2.05) is 11.9 Å². The van der Waals surface area contributed by atoms with Gasteiger partial charge in [0.05, 0.1) is 0 Å². The number of hydrogen-bond donors (Lipinski definition) is 1. The maximum atomic E-state index is 12.4. The number of nitrogens with one attached hydrogen (secondary N) is 1. The average Bonchev–Trinajstić information content (AvgIpc) is 2.55. The Labute approximate surface area is 140 Å². The van der Waals surface area contributed by atoms with Crippen molar-refractivity contribution >= 4 is 18.3 Å². The first-order chi connectivity index (χ1) is 10.1. The maximum Gasteiger partial charge on any atom is 0.223 e. The Morgan fingerprint density at radius 1 is 1.27 bits per heavy atom. The molecule has 4 heteroatoms. The minimum absolute atomic E-state index is 0. The minimum Gasteiger partial charge on any atom is -0.343 e. The minimum atomic E-state index is 0. The van der Waals surface area contributed by atoms with E-state index in [4.69, 9.17) is 0 Å². The SMILES string of the molecule is CCc1ccc(C(C)CC(=O)N2CCC(NC)CC2)cc1.Cl. The number of likely N-dealkylation sites (tertiary alicyclic amines) is 1. The first-order valence-electron chi connectivity index (χ1n) is 8.18. The van der Waals surface area contributed by atoms with E-state index in [9.17, 15) is 4.79 Å². The van der Waals surface area contributed by atoms with E-state index >= 15 is 0 Å². The predicted molar refractivity (Wildman–Crippen MR) is 94.8 cm³/mol. The van der Waals surface area contributed by atoms with E-state index in [1.54, 1.807) is 0 Å². The van der Waals surface area contributed by atoms with Crippen molar-refractivity contribution in [2.24, 2.45) is 0 Å². The molecule has 1 aliphatic rings. The van der Waals surface area contributed by atoms with Crippen LogP contribution in [0.15, 0.2) is 24.3 Å². The van der Waals surface area contributed by atoms with E-state index < -0.39 is 0 Å². The summed E-state index contributed by atoms with van der Waals surface area (Å²) in [5.41, 5.74) is 2.62. The molecule has 0 bridgehead atoms. The van der Waals surface area contributed by atoms with Gasteiger partial charge in [0, 0.05) is 25.6 Å². The number of nitrogens with zero attached hydrogens (tertiary/aromatic N) is 1. The molecule has 1 saturated heterocycles. The van der Waals surface area contributed by atoms with Gasteiger partial charge in [0.2, 0.25) is 5.91 Å². The topological polar surface area (TPSA) is 32.3 Å². The highest BCUT2D eigenvalue weighted by Gasteiger charge is 2.23. The molecule has 1 atom stereocenters. The second-order valence-electron chi connectivity index (χ2n) is 6.14. The van der Waals surface area contributed by atoms with E-state index in [1.165, 1.54) is 11.1 Å². The first kappa shape index (κ1) is 19.0. The molecule has 0 radical (unpaired) electrons. The summed E-state index contributed by atoms with van der Waals surface area (Å²) in [6.45, 7) is 6.10. The quantitative estimate of drug-likeness (QED) is 0.900. The smallest absolute Gasteiger partial charge is 0.223 e. The number of piperidine rings is 1. The normalized spacial score (nSPS) is 17.0. The number of halogens is 1. The Hall–Kier alpha value is -1.06. The number of benzene rings is 1. The molecule has 1 aromatic carbocycles. The molecule has 0 saturated carbocycles. The summed E-state index contributed by atoms with van der Waals surface area (Å²) in [4.78, 5) is 14.4. The van der Waals surface area contributed by atoms with Crippen molar-refractivity contribution in [3.05, 3.63) is 35.4 Å². The number of hydrogen-bond acceptors (Lipinski definition) is 2. The molecule has 0 aliphatic carbocycles. The van der Waals surface area contributed by atoms with E-state index in [-0.39, 0.29) is 12.4 Å². The first-order valence-corrected chi connectivity index (χ1v) is 8.18. The number of carbonyl (C=O) groups is 1.